The van der Waals surface area contributed by atoms with E-state index in [0.29, 0.717) is 11.5 Å². The maximum atomic E-state index is 13.8. The van der Waals surface area contributed by atoms with Crippen molar-refractivity contribution in [1.29, 1.82) is 0 Å². The van der Waals surface area contributed by atoms with E-state index in [2.05, 4.69) is 11.8 Å². The largest absolute Gasteiger partial charge is 0.508 e. The van der Waals surface area contributed by atoms with E-state index >= 15 is 0 Å². The van der Waals surface area contributed by atoms with Crippen LogP contribution in [0.2, 0.25) is 0 Å². The summed E-state index contributed by atoms with van der Waals surface area (Å²) in [7, 11) is 0. The number of ketones is 1. The second-order valence-corrected chi connectivity index (χ2v) is 10.5. The van der Waals surface area contributed by atoms with Crippen LogP contribution in [0.1, 0.15) is 53.4 Å². The van der Waals surface area contributed by atoms with Gasteiger partial charge >= 0.3 is 0 Å². The highest BCUT2D eigenvalue weighted by atomic mass is 32.1. The van der Waals surface area contributed by atoms with E-state index < -0.39 is 0 Å². The van der Waals surface area contributed by atoms with E-state index in [9.17, 15) is 9.90 Å². The zero-order valence-corrected chi connectivity index (χ0v) is 21.7. The van der Waals surface area contributed by atoms with Crippen molar-refractivity contribution in [3.8, 4) is 22.6 Å². The summed E-state index contributed by atoms with van der Waals surface area (Å²) in [6.07, 6.45) is 6.04. The number of nitrogens with zero attached hydrogens (tertiary/aromatic N) is 1. The Bertz CT molecular complexity index is 1330. The van der Waals surface area contributed by atoms with Gasteiger partial charge in [-0.05, 0) is 73.8 Å². The Morgan fingerprint density at radius 2 is 1.72 bits per heavy atom. The molecule has 0 bridgehead atoms. The minimum atomic E-state index is 0.0286. The van der Waals surface area contributed by atoms with Gasteiger partial charge in [-0.15, -0.1) is 11.3 Å². The number of hydrogen-bond acceptors (Lipinski definition) is 5. The van der Waals surface area contributed by atoms with Gasteiger partial charge in [-0.3, -0.25) is 9.69 Å². The lowest BCUT2D eigenvalue weighted by Crippen LogP contribution is -2.29. The number of benzene rings is 3. The van der Waals surface area contributed by atoms with Gasteiger partial charge in [0, 0.05) is 27.8 Å². The Kier molecular flexibility index (Phi) is 7.69. The number of rotatable bonds is 8. The summed E-state index contributed by atoms with van der Waals surface area (Å²) >= 11 is 1.44. The normalized spacial score (nSPS) is 14.6. The third-order valence-corrected chi connectivity index (χ3v) is 8.19. The van der Waals surface area contributed by atoms with Gasteiger partial charge in [-0.1, -0.05) is 56.2 Å². The Hall–Kier alpha value is -3.15. The molecule has 0 amide bonds. The van der Waals surface area contributed by atoms with E-state index in [1.807, 2.05) is 54.6 Å². The van der Waals surface area contributed by atoms with Crippen molar-refractivity contribution in [2.24, 2.45) is 0 Å². The quantitative estimate of drug-likeness (QED) is 0.258. The molecule has 4 nitrogen and oxygen atoms in total. The summed E-state index contributed by atoms with van der Waals surface area (Å²) in [4.78, 5) is 17.0. The van der Waals surface area contributed by atoms with Crippen LogP contribution in [0.3, 0.4) is 0 Å². The average molecular weight is 500 g/mol. The molecule has 36 heavy (non-hydrogen) atoms. The first-order chi connectivity index (χ1) is 17.6. The number of phenols is 1. The number of fused-ring (bicyclic) bond motifs is 1. The van der Waals surface area contributed by atoms with Crippen molar-refractivity contribution in [2.45, 2.75) is 39.0 Å². The van der Waals surface area contributed by atoms with E-state index in [1.54, 1.807) is 12.1 Å². The number of phenolic OH excluding ortho intramolecular Hbond substituents is 1. The molecule has 0 spiro atoms. The predicted octanol–water partition coefficient (Wildman–Crippen LogP) is 7.32. The molecule has 1 fully saturated rings. The molecule has 5 rings (SSSR count). The molecular formula is C31H33NO3S. The van der Waals surface area contributed by atoms with Crippen molar-refractivity contribution in [1.82, 2.24) is 4.90 Å². The van der Waals surface area contributed by atoms with Gasteiger partial charge in [0.05, 0.1) is 4.88 Å². The molecule has 0 saturated carbocycles. The second kappa shape index (κ2) is 11.3. The third-order valence-electron chi connectivity index (χ3n) is 7.04. The SMILES string of the molecule is CCc1ccccc1C(=O)c1sc2cc(O)ccc2c1-c1ccc(OCCN2CCCCCC2)cc1. The molecule has 0 radical (unpaired) electrons. The van der Waals surface area contributed by atoms with Gasteiger partial charge < -0.3 is 9.84 Å². The van der Waals surface area contributed by atoms with E-state index in [-0.39, 0.29) is 11.5 Å². The minimum absolute atomic E-state index is 0.0286. The lowest BCUT2D eigenvalue weighted by molar-refractivity contribution is 0.104. The van der Waals surface area contributed by atoms with Crippen LogP contribution in [0.15, 0.2) is 66.7 Å². The smallest absolute Gasteiger partial charge is 0.203 e. The van der Waals surface area contributed by atoms with Crippen LogP contribution in [-0.2, 0) is 6.42 Å². The van der Waals surface area contributed by atoms with Crippen LogP contribution in [-0.4, -0.2) is 42.0 Å². The Morgan fingerprint density at radius 3 is 2.47 bits per heavy atom. The van der Waals surface area contributed by atoms with E-state index in [0.717, 1.165) is 51.1 Å². The number of aromatic hydroxyl groups is 1. The molecule has 5 heteroatoms. The summed E-state index contributed by atoms with van der Waals surface area (Å²) < 4.78 is 6.97. The minimum Gasteiger partial charge on any atom is -0.508 e. The van der Waals surface area contributed by atoms with Crippen LogP contribution in [0.5, 0.6) is 11.5 Å². The maximum absolute atomic E-state index is 13.8. The molecule has 0 atom stereocenters. The number of carbonyl (C=O) groups is 1. The first kappa shape index (κ1) is 24.5. The highest BCUT2D eigenvalue weighted by Crippen LogP contribution is 2.42. The number of thiophene rings is 1. The zero-order chi connectivity index (χ0) is 24.9. The number of ether oxygens (including phenoxy) is 1. The molecular weight excluding hydrogens is 466 g/mol. The number of aryl methyl sites for hydroxylation is 1. The first-order valence-corrected chi connectivity index (χ1v) is 13.8. The standard InChI is InChI=1S/C31H33NO3S/c1-2-22-9-5-6-10-26(22)30(34)31-29(27-16-13-24(33)21-28(27)36-31)23-11-14-25(15-12-23)35-20-19-32-17-7-3-4-8-18-32/h5-6,9-16,21,33H,2-4,7-8,17-20H2,1H3. The van der Waals surface area contributed by atoms with Gasteiger partial charge in [0.15, 0.2) is 0 Å². The van der Waals surface area contributed by atoms with Gasteiger partial charge in [0.1, 0.15) is 18.1 Å². The molecule has 1 aromatic heterocycles. The third kappa shape index (κ3) is 5.32. The van der Waals surface area contributed by atoms with Crippen molar-refractivity contribution < 1.29 is 14.6 Å². The molecule has 1 aliphatic rings. The van der Waals surface area contributed by atoms with Crippen molar-refractivity contribution in [3.63, 3.8) is 0 Å². The molecule has 3 aromatic carbocycles. The topological polar surface area (TPSA) is 49.8 Å². The number of hydrogen-bond donors (Lipinski definition) is 1. The number of carbonyl (C=O) groups excluding carboxylic acids is 1. The van der Waals surface area contributed by atoms with Crippen molar-refractivity contribution >= 4 is 27.2 Å². The molecule has 186 valence electrons. The van der Waals surface area contributed by atoms with E-state index in [1.165, 1.54) is 50.1 Å². The first-order valence-electron chi connectivity index (χ1n) is 13.0. The van der Waals surface area contributed by atoms with Gasteiger partial charge in [0.25, 0.3) is 0 Å². The predicted molar refractivity (Wildman–Crippen MR) is 149 cm³/mol. The monoisotopic (exact) mass is 499 g/mol. The summed E-state index contributed by atoms with van der Waals surface area (Å²) in [5.41, 5.74) is 3.68. The number of likely N-dealkylation sites (tertiary alicyclic amines) is 1. The molecule has 1 aliphatic heterocycles. The lowest BCUT2D eigenvalue weighted by atomic mass is 9.95. The fourth-order valence-electron chi connectivity index (χ4n) is 5.07. The summed E-state index contributed by atoms with van der Waals surface area (Å²) in [6.45, 7) is 6.04. The average Bonchev–Trinajstić information content (AvgIpc) is 3.08. The molecule has 0 unspecified atom stereocenters. The Labute approximate surface area is 217 Å². The van der Waals surface area contributed by atoms with Crippen LogP contribution in [0.4, 0.5) is 0 Å². The van der Waals surface area contributed by atoms with Gasteiger partial charge in [-0.2, -0.15) is 0 Å². The highest BCUT2D eigenvalue weighted by Gasteiger charge is 2.23. The summed E-state index contributed by atoms with van der Waals surface area (Å²) in [6, 6.07) is 21.2. The molecule has 1 N–H and O–H groups in total. The van der Waals surface area contributed by atoms with E-state index in [4.69, 9.17) is 4.74 Å². The molecule has 1 saturated heterocycles. The molecule has 4 aromatic rings. The lowest BCUT2D eigenvalue weighted by Gasteiger charge is -2.19. The zero-order valence-electron chi connectivity index (χ0n) is 20.8. The van der Waals surface area contributed by atoms with Crippen LogP contribution >= 0.6 is 11.3 Å². The Balaban J connectivity index is 1.42. The van der Waals surface area contributed by atoms with Crippen molar-refractivity contribution in [3.05, 3.63) is 82.7 Å². The summed E-state index contributed by atoms with van der Waals surface area (Å²) in [5.74, 6) is 1.08. The van der Waals surface area contributed by atoms with Crippen molar-refractivity contribution in [2.75, 3.05) is 26.2 Å². The summed E-state index contributed by atoms with van der Waals surface area (Å²) in [5, 5.41) is 11.0. The Morgan fingerprint density at radius 1 is 0.972 bits per heavy atom. The molecule has 0 aliphatic carbocycles. The van der Waals surface area contributed by atoms with Crippen LogP contribution < -0.4 is 4.74 Å². The fraction of sp³-hybridized carbons (Fsp3) is 0.323. The fourth-order valence-corrected chi connectivity index (χ4v) is 6.29. The second-order valence-electron chi connectivity index (χ2n) is 9.46. The highest BCUT2D eigenvalue weighted by molar-refractivity contribution is 7.21. The molecule has 2 heterocycles. The maximum Gasteiger partial charge on any atom is 0.203 e. The van der Waals surface area contributed by atoms with Crippen LogP contribution in [0.25, 0.3) is 21.2 Å². The van der Waals surface area contributed by atoms with Gasteiger partial charge in [0.2, 0.25) is 5.78 Å². The van der Waals surface area contributed by atoms with Crippen LogP contribution in [0, 0.1) is 0 Å². The van der Waals surface area contributed by atoms with Gasteiger partial charge in [-0.25, -0.2) is 0 Å².